The summed E-state index contributed by atoms with van der Waals surface area (Å²) in [5, 5.41) is 0. The van der Waals surface area contributed by atoms with Gasteiger partial charge in [0.25, 0.3) is 0 Å². The summed E-state index contributed by atoms with van der Waals surface area (Å²) < 4.78 is 1.37. The minimum atomic E-state index is 0. The predicted molar refractivity (Wildman–Crippen MR) is 111 cm³/mol. The van der Waals surface area contributed by atoms with E-state index in [1.54, 1.807) is 0 Å². The second-order valence-corrected chi connectivity index (χ2v) is 7.56. The minimum absolute atomic E-state index is 0. The molecule has 5 rings (SSSR count). The largest absolute Gasteiger partial charge is 1.00 e. The van der Waals surface area contributed by atoms with Gasteiger partial charge in [-0.1, -0.05) is 35.4 Å². The van der Waals surface area contributed by atoms with Crippen molar-refractivity contribution in [3.63, 3.8) is 0 Å². The Labute approximate surface area is 198 Å². The first-order chi connectivity index (χ1) is 13.3. The van der Waals surface area contributed by atoms with Crippen LogP contribution in [0.25, 0.3) is 11.1 Å². The summed E-state index contributed by atoms with van der Waals surface area (Å²) in [4.78, 5) is 0. The summed E-state index contributed by atoms with van der Waals surface area (Å²) in [5.74, 6) is 0. The van der Waals surface area contributed by atoms with Gasteiger partial charge >= 0.3 is 66.6 Å². The van der Waals surface area contributed by atoms with Crippen LogP contribution in [0.15, 0.2) is 91.0 Å². The van der Waals surface area contributed by atoms with Gasteiger partial charge in [0.2, 0.25) is 0 Å². The summed E-state index contributed by atoms with van der Waals surface area (Å²) in [6, 6.07) is 28.5. The zero-order valence-electron chi connectivity index (χ0n) is 16.3. The maximum absolute atomic E-state index is 3.30. The Morgan fingerprint density at radius 3 is 2.14 bits per heavy atom. The Hall–Kier alpha value is -1.70. The Morgan fingerprint density at radius 2 is 1.55 bits per heavy atom. The third-order valence-corrected chi connectivity index (χ3v) is 4.86. The van der Waals surface area contributed by atoms with Crippen molar-refractivity contribution < 1.29 is 44.8 Å². The number of hydrogen-bond donors (Lipinski definition) is 0. The summed E-state index contributed by atoms with van der Waals surface area (Å²) in [7, 11) is 0. The first-order valence-corrected chi connectivity index (χ1v) is 9.94. The third kappa shape index (κ3) is 7.57. The SMILES string of the molecule is C[C](=[Ti+2])c1ccccc1.[C-]1=CC=CC1.[Cl-].[Cl-].[c-]1cccc2c1Cc1ccccc1-2. The van der Waals surface area contributed by atoms with Gasteiger partial charge in [0.05, 0.1) is 0 Å². The smallest absolute Gasteiger partial charge is 0.0253 e. The number of rotatable bonds is 1. The van der Waals surface area contributed by atoms with Crippen LogP contribution >= 0.6 is 0 Å². The van der Waals surface area contributed by atoms with Crippen molar-refractivity contribution >= 4 is 3.81 Å². The number of halogens is 2. The van der Waals surface area contributed by atoms with E-state index in [0.29, 0.717) is 0 Å². The van der Waals surface area contributed by atoms with Crippen molar-refractivity contribution in [2.24, 2.45) is 0 Å². The summed E-state index contributed by atoms with van der Waals surface area (Å²) in [6.45, 7) is 2.12. The number of allylic oxidation sites excluding steroid dienone is 4. The molecule has 3 aromatic carbocycles. The Kier molecular flexibility index (Phi) is 11.8. The molecule has 146 valence electrons. The van der Waals surface area contributed by atoms with Gasteiger partial charge in [0, 0.05) is 0 Å². The molecule has 2 aliphatic rings. The molecule has 0 aromatic heterocycles. The molecule has 3 heteroatoms. The van der Waals surface area contributed by atoms with Crippen LogP contribution in [0.4, 0.5) is 0 Å². The summed E-state index contributed by atoms with van der Waals surface area (Å²) in [6.07, 6.45) is 11.0. The molecule has 0 fully saturated rings. The topological polar surface area (TPSA) is 0 Å². The fourth-order valence-corrected chi connectivity index (χ4v) is 3.29. The van der Waals surface area contributed by atoms with Gasteiger partial charge in [-0.2, -0.15) is 35.9 Å². The average Bonchev–Trinajstić information content (AvgIpc) is 3.41. The first kappa shape index (κ1) is 25.3. The number of hydrogen-bond acceptors (Lipinski definition) is 0. The Morgan fingerprint density at radius 1 is 0.862 bits per heavy atom. The van der Waals surface area contributed by atoms with Gasteiger partial charge in [0.1, 0.15) is 0 Å². The zero-order valence-corrected chi connectivity index (χ0v) is 19.4. The van der Waals surface area contributed by atoms with Crippen LogP contribution in [-0.4, -0.2) is 3.81 Å². The van der Waals surface area contributed by atoms with E-state index in [4.69, 9.17) is 0 Å². The first-order valence-electron chi connectivity index (χ1n) is 9.16. The van der Waals surface area contributed by atoms with E-state index in [2.05, 4.69) is 106 Å². The fraction of sp³-hybridized carbons (Fsp3) is 0.115. The molecule has 0 saturated heterocycles. The third-order valence-electron chi connectivity index (χ3n) is 4.41. The van der Waals surface area contributed by atoms with Crippen LogP contribution in [0.1, 0.15) is 30.0 Å². The molecule has 0 amide bonds. The number of fused-ring (bicyclic) bond motifs is 3. The normalized spacial score (nSPS) is 11.4. The van der Waals surface area contributed by atoms with Crippen molar-refractivity contribution in [1.29, 1.82) is 0 Å². The van der Waals surface area contributed by atoms with E-state index in [1.807, 2.05) is 24.3 Å². The van der Waals surface area contributed by atoms with Crippen LogP contribution in [0.2, 0.25) is 0 Å². The van der Waals surface area contributed by atoms with Gasteiger partial charge in [-0.3, -0.25) is 6.08 Å². The molecule has 0 atom stereocenters. The van der Waals surface area contributed by atoms with Crippen molar-refractivity contribution in [2.45, 2.75) is 19.8 Å². The average molecular weight is 453 g/mol. The van der Waals surface area contributed by atoms with Gasteiger partial charge < -0.3 is 24.8 Å². The van der Waals surface area contributed by atoms with Gasteiger partial charge in [-0.05, 0) is 6.42 Å². The van der Waals surface area contributed by atoms with Crippen LogP contribution in [0.5, 0.6) is 0 Å². The van der Waals surface area contributed by atoms with Crippen molar-refractivity contribution in [1.82, 2.24) is 0 Å². The monoisotopic (exact) mass is 452 g/mol. The van der Waals surface area contributed by atoms with Gasteiger partial charge in [0.15, 0.2) is 0 Å². The molecule has 0 bridgehead atoms. The van der Waals surface area contributed by atoms with E-state index in [-0.39, 0.29) is 24.8 Å². The maximum atomic E-state index is 3.30. The van der Waals surface area contributed by atoms with Crippen LogP contribution in [-0.2, 0) is 26.4 Å². The minimum Gasteiger partial charge on any atom is -1.00 e. The fourth-order valence-electron chi connectivity index (χ4n) is 3.03. The van der Waals surface area contributed by atoms with E-state index in [0.717, 1.165) is 12.8 Å². The second kappa shape index (κ2) is 13.5. The van der Waals surface area contributed by atoms with Crippen molar-refractivity contribution in [2.75, 3.05) is 0 Å². The maximum Gasteiger partial charge on any atom is -0.0253 e. The molecular formula is C26H22Cl2Ti-2. The summed E-state index contributed by atoms with van der Waals surface area (Å²) >= 11 is 2.12. The Balaban J connectivity index is 0.000000231. The molecule has 29 heavy (non-hydrogen) atoms. The summed E-state index contributed by atoms with van der Waals surface area (Å²) in [5.41, 5.74) is 6.84. The molecule has 0 saturated carbocycles. The van der Waals surface area contributed by atoms with E-state index in [9.17, 15) is 0 Å². The standard InChI is InChI=1S/C13H9.C8H8.C5H5.2ClH.Ti/c1-3-7-12-10(5-1)9-11-6-2-4-8-13(11)12;1-2-8-6-4-3-5-7-8;1-2-4-5-3-1;;;/h1-5,7-8H,9H2;3-7H,1H3;1-3H,4H2;2*1H;/q-1;;-1;;;+2/p-2. The molecule has 0 spiro atoms. The van der Waals surface area contributed by atoms with Gasteiger partial charge in [-0.15, -0.1) is 12.0 Å². The molecule has 0 aliphatic heterocycles. The molecule has 0 heterocycles. The molecule has 0 nitrogen and oxygen atoms in total. The second-order valence-electron chi connectivity index (χ2n) is 6.39. The number of benzene rings is 3. The van der Waals surface area contributed by atoms with Crippen LogP contribution in [0.3, 0.4) is 0 Å². The van der Waals surface area contributed by atoms with Crippen LogP contribution < -0.4 is 24.8 Å². The van der Waals surface area contributed by atoms with Crippen molar-refractivity contribution in [3.05, 3.63) is 120 Å². The van der Waals surface area contributed by atoms with Crippen molar-refractivity contribution in [3.8, 4) is 11.1 Å². The predicted octanol–water partition coefficient (Wildman–Crippen LogP) is 0.145. The molecule has 0 unspecified atom stereocenters. The molecular weight excluding hydrogens is 431 g/mol. The van der Waals surface area contributed by atoms with Crippen LogP contribution in [0, 0.1) is 12.1 Å². The van der Waals surface area contributed by atoms with E-state index in [1.165, 1.54) is 31.6 Å². The quantitative estimate of drug-likeness (QED) is 0.285. The molecule has 0 radical (unpaired) electrons. The Bertz CT molecular complexity index is 906. The van der Waals surface area contributed by atoms with Gasteiger partial charge in [-0.25, -0.2) is 12.2 Å². The molecule has 3 aromatic rings. The zero-order chi connectivity index (χ0) is 18.9. The molecule has 0 N–H and O–H groups in total. The van der Waals surface area contributed by atoms with E-state index < -0.39 is 0 Å². The molecule has 2 aliphatic carbocycles. The van der Waals surface area contributed by atoms with E-state index >= 15 is 0 Å².